The zero-order valence-corrected chi connectivity index (χ0v) is 14.8. The van der Waals surface area contributed by atoms with Crippen molar-refractivity contribution in [2.45, 2.75) is 25.0 Å². The second-order valence-electron chi connectivity index (χ2n) is 7.21. The third-order valence-electron chi connectivity index (χ3n) is 5.30. The van der Waals surface area contributed by atoms with E-state index in [2.05, 4.69) is 25.8 Å². The Bertz CT molecular complexity index is 673. The van der Waals surface area contributed by atoms with Crippen molar-refractivity contribution < 1.29 is 14.3 Å². The number of likely N-dealkylation sites (tertiary alicyclic amines) is 1. The molecule has 1 atom stereocenters. The van der Waals surface area contributed by atoms with Crippen LogP contribution in [0.25, 0.3) is 0 Å². The summed E-state index contributed by atoms with van der Waals surface area (Å²) in [5.74, 6) is -0.152. The molecule has 0 radical (unpaired) electrons. The number of piperidine rings is 1. The first kappa shape index (κ1) is 17.2. The van der Waals surface area contributed by atoms with Crippen molar-refractivity contribution in [2.24, 2.45) is 0 Å². The van der Waals surface area contributed by atoms with Crippen molar-refractivity contribution in [2.75, 3.05) is 52.4 Å². The first-order valence-electron chi connectivity index (χ1n) is 9.23. The number of nitrogens with one attached hydrogen (secondary N) is 2. The lowest BCUT2D eigenvalue weighted by molar-refractivity contribution is -0.00524. The van der Waals surface area contributed by atoms with Crippen molar-refractivity contribution in [3.8, 4) is 0 Å². The van der Waals surface area contributed by atoms with Crippen molar-refractivity contribution in [3.05, 3.63) is 11.9 Å². The maximum absolute atomic E-state index is 12.8. The van der Waals surface area contributed by atoms with Gasteiger partial charge in [0, 0.05) is 39.3 Å². The molecule has 10 nitrogen and oxygen atoms in total. The van der Waals surface area contributed by atoms with E-state index in [4.69, 9.17) is 4.74 Å². The zero-order valence-electron chi connectivity index (χ0n) is 14.8. The van der Waals surface area contributed by atoms with Gasteiger partial charge in [0.25, 0.3) is 5.91 Å². The van der Waals surface area contributed by atoms with Crippen molar-refractivity contribution >= 4 is 12.0 Å². The molecule has 4 heterocycles. The second-order valence-corrected chi connectivity index (χ2v) is 7.21. The highest BCUT2D eigenvalue weighted by Gasteiger charge is 2.45. The largest absolute Gasteiger partial charge is 0.439 e. The van der Waals surface area contributed by atoms with E-state index < -0.39 is 11.7 Å². The van der Waals surface area contributed by atoms with E-state index >= 15 is 0 Å². The maximum Gasteiger partial charge on any atom is 0.407 e. The molecular weight excluding hydrogens is 338 g/mol. The van der Waals surface area contributed by atoms with Crippen molar-refractivity contribution in [1.82, 2.24) is 35.4 Å². The van der Waals surface area contributed by atoms with Crippen LogP contribution >= 0.6 is 0 Å². The van der Waals surface area contributed by atoms with Gasteiger partial charge in [0.2, 0.25) is 0 Å². The number of aromatic nitrogens is 3. The second kappa shape index (κ2) is 7.20. The molecule has 0 saturated carbocycles. The third kappa shape index (κ3) is 3.65. The van der Waals surface area contributed by atoms with Gasteiger partial charge in [0.15, 0.2) is 5.69 Å². The van der Waals surface area contributed by atoms with E-state index in [0.717, 1.165) is 45.6 Å². The molecule has 26 heavy (non-hydrogen) atoms. The molecular formula is C16H25N7O3. The minimum atomic E-state index is -0.594. The van der Waals surface area contributed by atoms with Crippen LogP contribution in [0, 0.1) is 0 Å². The summed E-state index contributed by atoms with van der Waals surface area (Å²) in [6.45, 7) is 7.19. The molecule has 1 aromatic heterocycles. The summed E-state index contributed by atoms with van der Waals surface area (Å²) < 4.78 is 7.15. The molecule has 2 amide bonds. The quantitative estimate of drug-likeness (QED) is 0.699. The Balaban J connectivity index is 1.34. The minimum Gasteiger partial charge on any atom is -0.439 e. The minimum absolute atomic E-state index is 0.152. The van der Waals surface area contributed by atoms with Crippen LogP contribution in [-0.2, 0) is 11.3 Å². The van der Waals surface area contributed by atoms with Crippen molar-refractivity contribution in [1.29, 1.82) is 0 Å². The number of hydrogen-bond donors (Lipinski definition) is 2. The van der Waals surface area contributed by atoms with Gasteiger partial charge >= 0.3 is 6.09 Å². The molecule has 0 bridgehead atoms. The van der Waals surface area contributed by atoms with Gasteiger partial charge in [-0.3, -0.25) is 14.4 Å². The lowest BCUT2D eigenvalue weighted by Crippen LogP contribution is -2.52. The summed E-state index contributed by atoms with van der Waals surface area (Å²) in [5, 5.41) is 14.2. The third-order valence-corrected chi connectivity index (χ3v) is 5.30. The van der Waals surface area contributed by atoms with Crippen LogP contribution in [0.1, 0.15) is 23.3 Å². The summed E-state index contributed by atoms with van der Waals surface area (Å²) in [6, 6.07) is 0. The molecule has 3 aliphatic rings. The molecule has 3 saturated heterocycles. The smallest absolute Gasteiger partial charge is 0.407 e. The number of ether oxygens (including phenoxy) is 1. The molecule has 0 aliphatic carbocycles. The summed E-state index contributed by atoms with van der Waals surface area (Å²) in [7, 11) is 0. The number of alkyl carbamates (subject to hydrolysis) is 1. The van der Waals surface area contributed by atoms with Crippen LogP contribution < -0.4 is 10.6 Å². The van der Waals surface area contributed by atoms with Gasteiger partial charge in [-0.15, -0.1) is 5.10 Å². The van der Waals surface area contributed by atoms with Gasteiger partial charge in [-0.25, -0.2) is 4.79 Å². The van der Waals surface area contributed by atoms with Crippen LogP contribution in [0.5, 0.6) is 0 Å². The summed E-state index contributed by atoms with van der Waals surface area (Å²) in [5.41, 5.74) is -0.247. The van der Waals surface area contributed by atoms with Crippen LogP contribution in [-0.4, -0.2) is 94.8 Å². The van der Waals surface area contributed by atoms with E-state index in [9.17, 15) is 9.59 Å². The molecule has 3 fully saturated rings. The molecule has 3 aliphatic heterocycles. The van der Waals surface area contributed by atoms with Crippen LogP contribution in [0.15, 0.2) is 6.20 Å². The standard InChI is InChI=1S/C16H25N7O3/c24-14(22-5-1-2-16(12-22)11-18-15(25)26-16)13-10-23(20-19-13)9-8-21-6-3-17-4-7-21/h10,17H,1-9,11-12H2,(H,18,25)/t16-/m1/s1. The maximum atomic E-state index is 12.8. The highest BCUT2D eigenvalue weighted by atomic mass is 16.6. The Morgan fingerprint density at radius 3 is 2.88 bits per heavy atom. The number of carbonyl (C=O) groups excluding carboxylic acids is 2. The number of piperazine rings is 1. The fourth-order valence-electron chi connectivity index (χ4n) is 3.85. The van der Waals surface area contributed by atoms with Crippen LogP contribution in [0.4, 0.5) is 4.79 Å². The van der Waals surface area contributed by atoms with E-state index in [1.807, 2.05) is 0 Å². The SMILES string of the molecule is O=C1NC[C@@]2(CCCN(C(=O)c3cn(CCN4CCNCC4)nn3)C2)O1. The Hall–Kier alpha value is -2.20. The molecule has 1 spiro atoms. The van der Waals surface area contributed by atoms with Gasteiger partial charge in [-0.05, 0) is 12.8 Å². The van der Waals surface area contributed by atoms with Gasteiger partial charge < -0.3 is 20.3 Å². The number of hydrogen-bond acceptors (Lipinski definition) is 7. The van der Waals surface area contributed by atoms with E-state index in [-0.39, 0.29) is 5.91 Å². The highest BCUT2D eigenvalue weighted by molar-refractivity contribution is 5.92. The summed E-state index contributed by atoms with van der Waals surface area (Å²) in [4.78, 5) is 28.3. The zero-order chi connectivity index (χ0) is 18.0. The number of rotatable bonds is 4. The number of amides is 2. The van der Waals surface area contributed by atoms with Gasteiger partial charge in [-0.1, -0.05) is 5.21 Å². The van der Waals surface area contributed by atoms with Gasteiger partial charge in [0.1, 0.15) is 5.60 Å². The van der Waals surface area contributed by atoms with E-state index in [0.29, 0.717) is 31.9 Å². The molecule has 0 aromatic carbocycles. The van der Waals surface area contributed by atoms with Crippen molar-refractivity contribution in [3.63, 3.8) is 0 Å². The predicted octanol–water partition coefficient (Wildman–Crippen LogP) is -1.10. The number of carbonyl (C=O) groups is 2. The topological polar surface area (TPSA) is 105 Å². The molecule has 142 valence electrons. The lowest BCUT2D eigenvalue weighted by Gasteiger charge is -2.37. The molecule has 4 rings (SSSR count). The Kier molecular flexibility index (Phi) is 4.77. The van der Waals surface area contributed by atoms with Gasteiger partial charge in [0.05, 0.1) is 25.8 Å². The Morgan fingerprint density at radius 1 is 1.27 bits per heavy atom. The summed E-state index contributed by atoms with van der Waals surface area (Å²) >= 11 is 0. The first-order valence-corrected chi connectivity index (χ1v) is 9.23. The first-order chi connectivity index (χ1) is 12.6. The van der Waals surface area contributed by atoms with Gasteiger partial charge in [-0.2, -0.15) is 0 Å². The summed E-state index contributed by atoms with van der Waals surface area (Å²) in [6.07, 6.45) is 2.88. The highest BCUT2D eigenvalue weighted by Crippen LogP contribution is 2.28. The average molecular weight is 363 g/mol. The monoisotopic (exact) mass is 363 g/mol. The number of nitrogens with zero attached hydrogens (tertiary/aromatic N) is 5. The molecule has 2 N–H and O–H groups in total. The molecule has 10 heteroatoms. The van der Waals surface area contributed by atoms with E-state index in [1.165, 1.54) is 0 Å². The predicted molar refractivity (Wildman–Crippen MR) is 91.7 cm³/mol. The Morgan fingerprint density at radius 2 is 2.12 bits per heavy atom. The van der Waals surface area contributed by atoms with E-state index in [1.54, 1.807) is 15.8 Å². The van der Waals surface area contributed by atoms with Crippen LogP contribution in [0.2, 0.25) is 0 Å². The molecule has 1 aromatic rings. The van der Waals surface area contributed by atoms with Crippen LogP contribution in [0.3, 0.4) is 0 Å². The Labute approximate surface area is 151 Å². The lowest BCUT2D eigenvalue weighted by atomic mass is 9.93. The fourth-order valence-corrected chi connectivity index (χ4v) is 3.85. The average Bonchev–Trinajstić information content (AvgIpc) is 3.27. The molecule has 0 unspecified atom stereocenters. The normalized spacial score (nSPS) is 26.8. The fraction of sp³-hybridized carbons (Fsp3) is 0.750.